The molecule has 5 heteroatoms. The van der Waals surface area contributed by atoms with Crippen molar-refractivity contribution in [2.45, 2.75) is 0 Å². The lowest BCUT2D eigenvalue weighted by molar-refractivity contribution is 0.0601. The molecule has 2 heterocycles. The first-order valence-electron chi connectivity index (χ1n) is 4.87. The number of halogens is 1. The number of nitrogens with zero attached hydrogens (tertiary/aromatic N) is 2. The van der Waals surface area contributed by atoms with E-state index in [0.717, 1.165) is 4.47 Å². The molecular weight excluding hydrogens is 284 g/mol. The number of esters is 1. The van der Waals surface area contributed by atoms with Gasteiger partial charge in [0.1, 0.15) is 5.69 Å². The first-order valence-corrected chi connectivity index (χ1v) is 5.67. The number of carbonyl (C=O) groups is 1. The zero-order chi connectivity index (χ0) is 12.3. The molecule has 0 spiro atoms. The van der Waals surface area contributed by atoms with Crippen LogP contribution >= 0.6 is 15.9 Å². The lowest BCUT2D eigenvalue weighted by atomic mass is 10.1. The largest absolute Gasteiger partial charge is 0.465 e. The zero-order valence-electron chi connectivity index (χ0n) is 9.05. The van der Waals surface area contributed by atoms with Crippen LogP contribution in [0.1, 0.15) is 10.4 Å². The molecule has 0 bridgehead atoms. The van der Waals surface area contributed by atoms with Gasteiger partial charge in [-0.25, -0.2) is 4.79 Å². The third kappa shape index (κ3) is 2.50. The molecule has 2 aromatic rings. The first-order chi connectivity index (χ1) is 8.22. The first kappa shape index (κ1) is 11.7. The molecule has 0 fully saturated rings. The van der Waals surface area contributed by atoms with Crippen molar-refractivity contribution in [1.29, 1.82) is 0 Å². The van der Waals surface area contributed by atoms with Gasteiger partial charge in [0.2, 0.25) is 0 Å². The summed E-state index contributed by atoms with van der Waals surface area (Å²) in [5.74, 6) is -0.431. The van der Waals surface area contributed by atoms with Crippen LogP contribution in [0.3, 0.4) is 0 Å². The van der Waals surface area contributed by atoms with Gasteiger partial charge in [0.15, 0.2) is 0 Å². The molecule has 0 saturated carbocycles. The smallest absolute Gasteiger partial charge is 0.340 e. The van der Waals surface area contributed by atoms with Crippen LogP contribution in [0, 0.1) is 0 Å². The van der Waals surface area contributed by atoms with E-state index in [-0.39, 0.29) is 0 Å². The van der Waals surface area contributed by atoms with Crippen LogP contribution in [0.25, 0.3) is 11.4 Å². The summed E-state index contributed by atoms with van der Waals surface area (Å²) in [5, 5.41) is 0. The fourth-order valence-corrected chi connectivity index (χ4v) is 1.74. The summed E-state index contributed by atoms with van der Waals surface area (Å²) in [5.41, 5.74) is 1.54. The molecular formula is C12H9BrN2O2. The molecule has 0 aliphatic carbocycles. The van der Waals surface area contributed by atoms with Crippen molar-refractivity contribution in [2.24, 2.45) is 0 Å². The molecule has 4 nitrogen and oxygen atoms in total. The third-order valence-electron chi connectivity index (χ3n) is 2.17. The highest BCUT2D eigenvalue weighted by Gasteiger charge is 2.15. The highest BCUT2D eigenvalue weighted by atomic mass is 79.9. The van der Waals surface area contributed by atoms with E-state index in [1.54, 1.807) is 30.6 Å². The van der Waals surface area contributed by atoms with Crippen LogP contribution < -0.4 is 0 Å². The van der Waals surface area contributed by atoms with Gasteiger partial charge in [-0.15, -0.1) is 0 Å². The van der Waals surface area contributed by atoms with Crippen LogP contribution in [-0.2, 0) is 4.74 Å². The van der Waals surface area contributed by atoms with E-state index >= 15 is 0 Å². The summed E-state index contributed by atoms with van der Waals surface area (Å²) in [7, 11) is 1.34. The Hall–Kier alpha value is -1.75. The van der Waals surface area contributed by atoms with Crippen LogP contribution in [-0.4, -0.2) is 23.0 Å². The van der Waals surface area contributed by atoms with Gasteiger partial charge >= 0.3 is 5.97 Å². The molecule has 2 aromatic heterocycles. The van der Waals surface area contributed by atoms with Gasteiger partial charge in [-0.3, -0.25) is 9.97 Å². The van der Waals surface area contributed by atoms with E-state index < -0.39 is 5.97 Å². The third-order valence-corrected chi connectivity index (χ3v) is 2.60. The molecule has 0 aliphatic rings. The number of carbonyl (C=O) groups excluding carboxylic acids is 1. The second kappa shape index (κ2) is 5.05. The summed E-state index contributed by atoms with van der Waals surface area (Å²) in [6.07, 6.45) is 3.27. The standard InChI is InChI=1S/C12H9BrN2O2/c1-17-12(16)9-6-8(13)7-15-11(9)10-4-2-3-5-14-10/h2-7H,1H3. The zero-order valence-corrected chi connectivity index (χ0v) is 10.6. The van der Waals surface area contributed by atoms with Gasteiger partial charge in [-0.1, -0.05) is 6.07 Å². The van der Waals surface area contributed by atoms with Crippen molar-refractivity contribution in [1.82, 2.24) is 9.97 Å². The minimum Gasteiger partial charge on any atom is -0.465 e. The van der Waals surface area contributed by atoms with E-state index in [4.69, 9.17) is 4.74 Å². The molecule has 0 aliphatic heterocycles. The predicted molar refractivity (Wildman–Crippen MR) is 66.5 cm³/mol. The number of methoxy groups -OCH3 is 1. The number of hydrogen-bond donors (Lipinski definition) is 0. The molecule has 0 N–H and O–H groups in total. The lowest BCUT2D eigenvalue weighted by Gasteiger charge is -2.06. The Bertz CT molecular complexity index is 543. The van der Waals surface area contributed by atoms with Crippen LogP contribution in [0.2, 0.25) is 0 Å². The van der Waals surface area contributed by atoms with E-state index in [9.17, 15) is 4.79 Å². The Kier molecular flexibility index (Phi) is 3.49. The van der Waals surface area contributed by atoms with Crippen molar-refractivity contribution >= 4 is 21.9 Å². The maximum atomic E-state index is 11.6. The summed E-state index contributed by atoms with van der Waals surface area (Å²) < 4.78 is 5.45. The number of hydrogen-bond acceptors (Lipinski definition) is 4. The predicted octanol–water partition coefficient (Wildman–Crippen LogP) is 2.69. The van der Waals surface area contributed by atoms with Crippen LogP contribution in [0.5, 0.6) is 0 Å². The highest BCUT2D eigenvalue weighted by Crippen LogP contribution is 2.22. The number of pyridine rings is 2. The summed E-state index contributed by atoms with van der Waals surface area (Å²) in [4.78, 5) is 20.0. The maximum Gasteiger partial charge on any atom is 0.340 e. The molecule has 0 atom stereocenters. The number of ether oxygens (including phenoxy) is 1. The summed E-state index contributed by atoms with van der Waals surface area (Å²) in [6.45, 7) is 0. The molecule has 0 aromatic carbocycles. The van der Waals surface area contributed by atoms with Crippen molar-refractivity contribution in [3.05, 3.63) is 46.7 Å². The lowest BCUT2D eigenvalue weighted by Crippen LogP contribution is -2.05. The summed E-state index contributed by atoms with van der Waals surface area (Å²) in [6, 6.07) is 7.11. The summed E-state index contributed by atoms with van der Waals surface area (Å²) >= 11 is 3.28. The van der Waals surface area contributed by atoms with Gasteiger partial charge in [0.05, 0.1) is 18.4 Å². The second-order valence-electron chi connectivity index (χ2n) is 3.26. The molecule has 17 heavy (non-hydrogen) atoms. The Morgan fingerprint density at radius 3 is 2.82 bits per heavy atom. The van der Waals surface area contributed by atoms with Gasteiger partial charge < -0.3 is 4.74 Å². The fourth-order valence-electron chi connectivity index (χ4n) is 1.41. The van der Waals surface area contributed by atoms with E-state index in [0.29, 0.717) is 17.0 Å². The normalized spacial score (nSPS) is 10.0. The minimum atomic E-state index is -0.431. The van der Waals surface area contributed by atoms with Gasteiger partial charge in [0.25, 0.3) is 0 Å². The molecule has 86 valence electrons. The second-order valence-corrected chi connectivity index (χ2v) is 4.17. The van der Waals surface area contributed by atoms with Crippen molar-refractivity contribution in [3.63, 3.8) is 0 Å². The SMILES string of the molecule is COC(=O)c1cc(Br)cnc1-c1ccccn1. The monoisotopic (exact) mass is 292 g/mol. The van der Waals surface area contributed by atoms with E-state index in [1.165, 1.54) is 7.11 Å². The van der Waals surface area contributed by atoms with Gasteiger partial charge in [-0.2, -0.15) is 0 Å². The van der Waals surface area contributed by atoms with Crippen LogP contribution in [0.4, 0.5) is 0 Å². The fraction of sp³-hybridized carbons (Fsp3) is 0.0833. The molecule has 2 rings (SSSR count). The van der Waals surface area contributed by atoms with E-state index in [1.807, 2.05) is 6.07 Å². The molecule has 0 amide bonds. The van der Waals surface area contributed by atoms with Crippen molar-refractivity contribution in [3.8, 4) is 11.4 Å². The topological polar surface area (TPSA) is 52.1 Å². The maximum absolute atomic E-state index is 11.6. The number of aromatic nitrogens is 2. The Morgan fingerprint density at radius 1 is 1.35 bits per heavy atom. The number of rotatable bonds is 2. The molecule has 0 unspecified atom stereocenters. The quantitative estimate of drug-likeness (QED) is 0.799. The van der Waals surface area contributed by atoms with Gasteiger partial charge in [0, 0.05) is 16.9 Å². The Morgan fingerprint density at radius 2 is 2.18 bits per heavy atom. The molecule has 0 radical (unpaired) electrons. The molecule has 0 saturated heterocycles. The van der Waals surface area contributed by atoms with Crippen molar-refractivity contribution in [2.75, 3.05) is 7.11 Å². The average molecular weight is 293 g/mol. The van der Waals surface area contributed by atoms with E-state index in [2.05, 4.69) is 25.9 Å². The Balaban J connectivity index is 2.58. The van der Waals surface area contributed by atoms with Gasteiger partial charge in [-0.05, 0) is 34.1 Å². The Labute approximate surface area is 107 Å². The van der Waals surface area contributed by atoms with Crippen LogP contribution in [0.15, 0.2) is 41.1 Å². The average Bonchev–Trinajstić information content (AvgIpc) is 2.38. The highest BCUT2D eigenvalue weighted by molar-refractivity contribution is 9.10. The van der Waals surface area contributed by atoms with Crippen molar-refractivity contribution < 1.29 is 9.53 Å². The minimum absolute atomic E-state index is 0.389.